The third-order valence-corrected chi connectivity index (χ3v) is 3.59. The maximum atomic E-state index is 5.87. The lowest BCUT2D eigenvalue weighted by Crippen LogP contribution is -2.59. The molecule has 1 saturated carbocycles. The molecule has 82 valence electrons. The summed E-state index contributed by atoms with van der Waals surface area (Å²) < 4.78 is 5.87. The first kappa shape index (κ1) is 10.4. The largest absolute Gasteiger partial charge is 0.375 e. The van der Waals surface area contributed by atoms with Gasteiger partial charge in [-0.3, -0.25) is 4.90 Å². The van der Waals surface area contributed by atoms with E-state index in [1.165, 1.54) is 19.3 Å². The molecule has 2 nitrogen and oxygen atoms in total. The molecule has 0 radical (unpaired) electrons. The van der Waals surface area contributed by atoms with Gasteiger partial charge in [-0.1, -0.05) is 6.42 Å². The molecular formula is C12H23NO. The lowest BCUT2D eigenvalue weighted by atomic mass is 9.86. The van der Waals surface area contributed by atoms with E-state index in [9.17, 15) is 0 Å². The van der Waals surface area contributed by atoms with Crippen molar-refractivity contribution in [3.63, 3.8) is 0 Å². The van der Waals surface area contributed by atoms with Crippen LogP contribution >= 0.6 is 0 Å². The van der Waals surface area contributed by atoms with Gasteiger partial charge in [-0.25, -0.2) is 0 Å². The van der Waals surface area contributed by atoms with Gasteiger partial charge in [0, 0.05) is 25.2 Å². The lowest BCUT2D eigenvalue weighted by Gasteiger charge is -2.47. The van der Waals surface area contributed by atoms with Gasteiger partial charge in [0.2, 0.25) is 0 Å². The van der Waals surface area contributed by atoms with Crippen LogP contribution < -0.4 is 0 Å². The van der Waals surface area contributed by atoms with Crippen LogP contribution in [0.1, 0.15) is 40.0 Å². The molecule has 0 N–H and O–H groups in total. The molecule has 1 saturated heterocycles. The van der Waals surface area contributed by atoms with E-state index >= 15 is 0 Å². The normalized spacial score (nSPS) is 25.9. The van der Waals surface area contributed by atoms with Crippen LogP contribution in [0.2, 0.25) is 0 Å². The van der Waals surface area contributed by atoms with E-state index in [4.69, 9.17) is 4.74 Å². The summed E-state index contributed by atoms with van der Waals surface area (Å²) in [5.74, 6) is 0.888. The van der Waals surface area contributed by atoms with Crippen molar-refractivity contribution >= 4 is 0 Å². The first-order chi connectivity index (χ1) is 6.55. The Morgan fingerprint density at radius 2 is 1.86 bits per heavy atom. The maximum absolute atomic E-state index is 5.87. The number of nitrogens with zero attached hydrogens (tertiary/aromatic N) is 1. The SMILES string of the molecule is CC(C)(C)N1CC(OCC2CCC2)C1. The van der Waals surface area contributed by atoms with Crippen molar-refractivity contribution in [2.45, 2.75) is 51.7 Å². The van der Waals surface area contributed by atoms with E-state index in [1.54, 1.807) is 0 Å². The minimum absolute atomic E-state index is 0.330. The first-order valence-corrected chi connectivity index (χ1v) is 5.92. The van der Waals surface area contributed by atoms with Crippen molar-refractivity contribution < 1.29 is 4.74 Å². The summed E-state index contributed by atoms with van der Waals surface area (Å²) in [6.45, 7) is 10.1. The average molecular weight is 197 g/mol. The predicted octanol–water partition coefficient (Wildman–Crippen LogP) is 2.29. The number of hydrogen-bond donors (Lipinski definition) is 0. The zero-order valence-corrected chi connectivity index (χ0v) is 9.75. The average Bonchev–Trinajstić information content (AvgIpc) is 1.86. The first-order valence-electron chi connectivity index (χ1n) is 5.92. The van der Waals surface area contributed by atoms with Crippen LogP contribution in [-0.4, -0.2) is 36.2 Å². The molecule has 0 spiro atoms. The molecular weight excluding hydrogens is 174 g/mol. The lowest BCUT2D eigenvalue weighted by molar-refractivity contribution is -0.102. The number of hydrogen-bond acceptors (Lipinski definition) is 2. The summed E-state index contributed by atoms with van der Waals surface area (Å²) in [6.07, 6.45) is 4.74. The van der Waals surface area contributed by atoms with Crippen molar-refractivity contribution in [1.82, 2.24) is 4.90 Å². The van der Waals surface area contributed by atoms with Crippen LogP contribution in [-0.2, 0) is 4.74 Å². The third-order valence-electron chi connectivity index (χ3n) is 3.59. The van der Waals surface area contributed by atoms with Crippen molar-refractivity contribution in [1.29, 1.82) is 0 Å². The molecule has 0 aromatic rings. The van der Waals surface area contributed by atoms with Crippen LogP contribution in [0.15, 0.2) is 0 Å². The van der Waals surface area contributed by atoms with E-state index in [0.717, 1.165) is 25.6 Å². The number of ether oxygens (including phenoxy) is 1. The van der Waals surface area contributed by atoms with Gasteiger partial charge in [0.15, 0.2) is 0 Å². The van der Waals surface area contributed by atoms with Gasteiger partial charge in [0.25, 0.3) is 0 Å². The van der Waals surface area contributed by atoms with Gasteiger partial charge in [-0.05, 0) is 39.5 Å². The molecule has 1 aliphatic carbocycles. The number of likely N-dealkylation sites (tertiary alicyclic amines) is 1. The summed E-state index contributed by atoms with van der Waals surface area (Å²) in [6, 6.07) is 0. The summed E-state index contributed by atoms with van der Waals surface area (Å²) in [5.41, 5.74) is 0.330. The molecule has 0 unspecified atom stereocenters. The van der Waals surface area contributed by atoms with Gasteiger partial charge >= 0.3 is 0 Å². The Hall–Kier alpha value is -0.0800. The van der Waals surface area contributed by atoms with E-state index in [2.05, 4.69) is 25.7 Å². The molecule has 0 amide bonds. The minimum atomic E-state index is 0.330. The molecule has 0 aromatic carbocycles. The highest BCUT2D eigenvalue weighted by molar-refractivity contribution is 4.89. The molecule has 0 aromatic heterocycles. The highest BCUT2D eigenvalue weighted by Crippen LogP contribution is 2.28. The highest BCUT2D eigenvalue weighted by Gasteiger charge is 2.35. The van der Waals surface area contributed by atoms with Gasteiger partial charge in [0.05, 0.1) is 6.10 Å². The Morgan fingerprint density at radius 1 is 1.21 bits per heavy atom. The molecule has 14 heavy (non-hydrogen) atoms. The Morgan fingerprint density at radius 3 is 2.29 bits per heavy atom. The van der Waals surface area contributed by atoms with Gasteiger partial charge < -0.3 is 4.74 Å². The van der Waals surface area contributed by atoms with E-state index in [0.29, 0.717) is 11.6 Å². The summed E-state index contributed by atoms with van der Waals surface area (Å²) in [5, 5.41) is 0. The fourth-order valence-electron chi connectivity index (χ4n) is 2.02. The zero-order chi connectivity index (χ0) is 10.2. The third kappa shape index (κ3) is 2.29. The molecule has 2 heteroatoms. The summed E-state index contributed by atoms with van der Waals surface area (Å²) in [4.78, 5) is 2.48. The molecule has 1 heterocycles. The maximum Gasteiger partial charge on any atom is 0.0829 e. The second-order valence-electron chi connectivity index (χ2n) is 5.83. The van der Waals surface area contributed by atoms with E-state index in [-0.39, 0.29) is 0 Å². The Labute approximate surface area is 87.6 Å². The molecule has 1 aliphatic heterocycles. The topological polar surface area (TPSA) is 12.5 Å². The highest BCUT2D eigenvalue weighted by atomic mass is 16.5. The molecule has 2 fully saturated rings. The van der Waals surface area contributed by atoms with Crippen LogP contribution in [0.4, 0.5) is 0 Å². The van der Waals surface area contributed by atoms with Crippen molar-refractivity contribution in [3.05, 3.63) is 0 Å². The van der Waals surface area contributed by atoms with E-state index < -0.39 is 0 Å². The number of rotatable bonds is 3. The molecule has 2 aliphatic rings. The smallest absolute Gasteiger partial charge is 0.0829 e. The second-order valence-corrected chi connectivity index (χ2v) is 5.83. The second kappa shape index (κ2) is 3.82. The zero-order valence-electron chi connectivity index (χ0n) is 9.75. The standard InChI is InChI=1S/C12H23NO/c1-12(2,3)13-7-11(8-13)14-9-10-5-4-6-10/h10-11H,4-9H2,1-3H3. The summed E-state index contributed by atoms with van der Waals surface area (Å²) >= 11 is 0. The molecule has 0 bridgehead atoms. The Bertz CT molecular complexity index is 187. The Balaban J connectivity index is 1.58. The van der Waals surface area contributed by atoms with Gasteiger partial charge in [-0.15, -0.1) is 0 Å². The fraction of sp³-hybridized carbons (Fsp3) is 1.00. The van der Waals surface area contributed by atoms with Gasteiger partial charge in [0.1, 0.15) is 0 Å². The summed E-state index contributed by atoms with van der Waals surface area (Å²) in [7, 11) is 0. The van der Waals surface area contributed by atoms with Crippen LogP contribution in [0.3, 0.4) is 0 Å². The Kier molecular flexibility index (Phi) is 2.85. The van der Waals surface area contributed by atoms with Crippen LogP contribution in [0.5, 0.6) is 0 Å². The monoisotopic (exact) mass is 197 g/mol. The van der Waals surface area contributed by atoms with E-state index in [1.807, 2.05) is 0 Å². The minimum Gasteiger partial charge on any atom is -0.375 e. The predicted molar refractivity (Wildman–Crippen MR) is 58.4 cm³/mol. The van der Waals surface area contributed by atoms with Crippen LogP contribution in [0, 0.1) is 5.92 Å². The van der Waals surface area contributed by atoms with Crippen molar-refractivity contribution in [2.24, 2.45) is 5.92 Å². The van der Waals surface area contributed by atoms with Crippen molar-refractivity contribution in [3.8, 4) is 0 Å². The van der Waals surface area contributed by atoms with Gasteiger partial charge in [-0.2, -0.15) is 0 Å². The molecule has 2 rings (SSSR count). The van der Waals surface area contributed by atoms with Crippen LogP contribution in [0.25, 0.3) is 0 Å². The quantitative estimate of drug-likeness (QED) is 0.688. The van der Waals surface area contributed by atoms with Crippen molar-refractivity contribution in [2.75, 3.05) is 19.7 Å². The fourth-order valence-corrected chi connectivity index (χ4v) is 2.02. The molecule has 0 atom stereocenters.